The van der Waals surface area contributed by atoms with E-state index in [0.29, 0.717) is 41.8 Å². The Hall–Kier alpha value is -5.96. The molecule has 2 aromatic heterocycles. The molecule has 2 amide bonds. The van der Waals surface area contributed by atoms with Crippen LogP contribution < -0.4 is 15.5 Å². The number of anilines is 2. The summed E-state index contributed by atoms with van der Waals surface area (Å²) in [6.45, 7) is 25.3. The number of fused-ring (bicyclic) bond motifs is 2. The number of nitrogens with one attached hydrogen (secondary N) is 2. The number of amides is 2. The summed E-state index contributed by atoms with van der Waals surface area (Å²) in [5, 5.41) is 5.67. The van der Waals surface area contributed by atoms with Gasteiger partial charge in [-0.3, -0.25) is 34.1 Å². The van der Waals surface area contributed by atoms with Crippen molar-refractivity contribution in [1.82, 2.24) is 30.0 Å². The maximum Gasteiger partial charge on any atom is 0.242 e. The number of piperazine rings is 1. The minimum Gasteiger partial charge on any atom is -0.373 e. The fraction of sp³-hybridized carbons (Fsp3) is 0.516. The van der Waals surface area contributed by atoms with Crippen LogP contribution in [0.3, 0.4) is 0 Å². The number of halogens is 2. The van der Waals surface area contributed by atoms with Gasteiger partial charge in [-0.15, -0.1) is 0 Å². The largest absolute Gasteiger partial charge is 0.373 e. The van der Waals surface area contributed by atoms with Crippen LogP contribution in [-0.4, -0.2) is 121 Å². The van der Waals surface area contributed by atoms with Crippen molar-refractivity contribution in [3.63, 3.8) is 0 Å². The van der Waals surface area contributed by atoms with E-state index in [-0.39, 0.29) is 48.1 Å². The molecule has 1 saturated carbocycles. The molecule has 2 aromatic carbocycles. The summed E-state index contributed by atoms with van der Waals surface area (Å²) < 4.78 is 30.4. The number of hydrogen-bond donors (Lipinski definition) is 2. The Balaban J connectivity index is 0.000000239. The Morgan fingerprint density at radius 3 is 2.14 bits per heavy atom. The normalized spacial score (nSPS) is 17.2. The van der Waals surface area contributed by atoms with Crippen LogP contribution in [0.1, 0.15) is 150 Å². The fourth-order valence-electron chi connectivity index (χ4n) is 11.3. The molecule has 2 unspecified atom stereocenters. The number of ketones is 1. The third kappa shape index (κ3) is 13.8. The van der Waals surface area contributed by atoms with Gasteiger partial charge in [0, 0.05) is 125 Å². The van der Waals surface area contributed by atoms with Gasteiger partial charge in [-0.05, 0) is 144 Å². The Kier molecular flexibility index (Phi) is 21.4. The maximum atomic E-state index is 15.5. The molecule has 2 fully saturated rings. The van der Waals surface area contributed by atoms with Gasteiger partial charge in [-0.2, -0.15) is 0 Å². The van der Waals surface area contributed by atoms with Gasteiger partial charge < -0.3 is 20.3 Å². The van der Waals surface area contributed by atoms with Crippen molar-refractivity contribution in [2.45, 2.75) is 144 Å². The van der Waals surface area contributed by atoms with E-state index < -0.39 is 11.5 Å². The molecule has 3 aliphatic heterocycles. The van der Waals surface area contributed by atoms with Gasteiger partial charge in [0.05, 0.1) is 11.1 Å². The van der Waals surface area contributed by atoms with E-state index in [1.165, 1.54) is 62.3 Å². The molecule has 4 aliphatic rings. The minimum atomic E-state index is -0.816. The average molecular weight is 1040 g/mol. The zero-order valence-electron chi connectivity index (χ0n) is 47.3. The van der Waals surface area contributed by atoms with E-state index in [4.69, 9.17) is 0 Å². The van der Waals surface area contributed by atoms with Crippen LogP contribution >= 0.6 is 0 Å². The predicted molar refractivity (Wildman–Crippen MR) is 304 cm³/mol. The molecule has 1 saturated heterocycles. The summed E-state index contributed by atoms with van der Waals surface area (Å²) in [6.07, 6.45) is 16.4. The van der Waals surface area contributed by atoms with Gasteiger partial charge in [0.2, 0.25) is 11.8 Å². The first-order chi connectivity index (χ1) is 36.6. The Bertz CT molecular complexity index is 2700. The molecule has 2 atom stereocenters. The lowest BCUT2D eigenvalue weighted by atomic mass is 9.92. The van der Waals surface area contributed by atoms with Crippen molar-refractivity contribution in [1.29, 1.82) is 0 Å². The van der Waals surface area contributed by atoms with Crippen LogP contribution in [-0.2, 0) is 26.3 Å². The number of rotatable bonds is 20. The molecule has 8 rings (SSSR count). The smallest absolute Gasteiger partial charge is 0.242 e. The molecule has 2 N–H and O–H groups in total. The molecule has 76 heavy (non-hydrogen) atoms. The van der Waals surface area contributed by atoms with E-state index >= 15 is 4.39 Å². The Morgan fingerprint density at radius 1 is 0.882 bits per heavy atom. The highest BCUT2D eigenvalue weighted by molar-refractivity contribution is 6.13. The number of aldehydes is 1. The van der Waals surface area contributed by atoms with Crippen LogP contribution in [0.15, 0.2) is 66.5 Å². The first-order valence-electron chi connectivity index (χ1n) is 27.9. The van der Waals surface area contributed by atoms with Crippen molar-refractivity contribution >= 4 is 47.0 Å². The third-order valence-corrected chi connectivity index (χ3v) is 15.9. The highest BCUT2D eigenvalue weighted by Crippen LogP contribution is 2.58. The maximum absolute atomic E-state index is 15.5. The molecule has 14 heteroatoms. The SMILES string of the molecule is CC.CCCC(CCC)CN1CCN(Cc2cc3c(cc2F)N(C(CCC=O)C(=O)NC)C(=O)C32CC2)CC1.CNc1ccc(-c2ccnc(C)c2/C=C(\C)C(C)N2CC=C(c3c(C)cc(C(C)=O)cc3F)CC2)cn1. The van der Waals surface area contributed by atoms with Crippen molar-refractivity contribution in [3.05, 3.63) is 117 Å². The lowest BCUT2D eigenvalue weighted by Crippen LogP contribution is -2.49. The average Bonchev–Trinajstić information content (AvgIpc) is 4.20. The number of aromatic nitrogens is 2. The molecule has 1 aliphatic carbocycles. The Morgan fingerprint density at radius 2 is 1.58 bits per heavy atom. The first-order valence-corrected chi connectivity index (χ1v) is 27.9. The number of hydrogen-bond acceptors (Lipinski definition) is 10. The second kappa shape index (κ2) is 27.4. The zero-order chi connectivity index (χ0) is 55.3. The fourth-order valence-corrected chi connectivity index (χ4v) is 11.3. The standard InChI is InChI=1S/C31H35FN4O.C29H43FN4O3.C2H6/c1-19(16-28-21(3)34-12-9-27(28)25-7-8-30(33-6)35-18-25)22(4)36-13-10-24(11-14-36)31-20(2)15-26(23(5)37)17-29(31)32;1-4-7-21(8-5-2)19-32-12-14-33(15-13-32)20-22-17-23-26(18-24(22)30)34(28(37)29(23)10-11-29)25(9-6-16-35)27(36)31-3;1-2/h7-10,12,15-18,22H,11,13-14H2,1-6H3,(H,33,35);16-18,21,25H,4-15,19-20H2,1-3H3,(H,31,36);1-2H3/b19-16+;;. The highest BCUT2D eigenvalue weighted by Gasteiger charge is 2.61. The molecule has 12 nitrogen and oxygen atoms in total. The van der Waals surface area contributed by atoms with E-state index in [0.717, 1.165) is 109 Å². The van der Waals surface area contributed by atoms with Crippen molar-refractivity contribution in [3.8, 4) is 11.1 Å². The molecule has 4 aromatic rings. The van der Waals surface area contributed by atoms with Crippen molar-refractivity contribution in [2.24, 2.45) is 5.92 Å². The van der Waals surface area contributed by atoms with Gasteiger partial charge in [0.15, 0.2) is 5.78 Å². The molecule has 0 bridgehead atoms. The topological polar surface area (TPSA) is 131 Å². The van der Waals surface area contributed by atoms with Crippen LogP contribution in [0.4, 0.5) is 20.3 Å². The van der Waals surface area contributed by atoms with Gasteiger partial charge in [-0.25, -0.2) is 13.8 Å². The number of pyridine rings is 2. The van der Waals surface area contributed by atoms with Crippen LogP contribution in [0, 0.1) is 31.4 Å². The van der Waals surface area contributed by atoms with Gasteiger partial charge >= 0.3 is 0 Å². The third-order valence-electron chi connectivity index (χ3n) is 15.9. The molecule has 0 radical (unpaired) electrons. The monoisotopic (exact) mass is 1040 g/mol. The predicted octanol–water partition coefficient (Wildman–Crippen LogP) is 11.4. The summed E-state index contributed by atoms with van der Waals surface area (Å²) in [4.78, 5) is 66.6. The number of nitrogens with zero attached hydrogens (tertiary/aromatic N) is 6. The molecule has 1 spiro atoms. The summed E-state index contributed by atoms with van der Waals surface area (Å²) in [5.41, 5.74) is 9.66. The number of aryl methyl sites for hydroxylation is 2. The van der Waals surface area contributed by atoms with Crippen LogP contribution in [0.2, 0.25) is 0 Å². The number of likely N-dealkylation sites (N-methyl/N-ethyl adjacent to an activating group) is 1. The second-order valence-corrected chi connectivity index (χ2v) is 20.9. The summed E-state index contributed by atoms with van der Waals surface area (Å²) in [5.74, 6) is 0.350. The summed E-state index contributed by atoms with van der Waals surface area (Å²) in [6, 6.07) is 12.0. The zero-order valence-corrected chi connectivity index (χ0v) is 47.3. The van der Waals surface area contributed by atoms with Gasteiger partial charge in [0.25, 0.3) is 0 Å². The number of carbonyl (C=O) groups is 4. The van der Waals surface area contributed by atoms with E-state index in [2.05, 4.69) is 81.2 Å². The molecular formula is C62H84F2N8O4. The van der Waals surface area contributed by atoms with E-state index in [9.17, 15) is 23.6 Å². The lowest BCUT2D eigenvalue weighted by Gasteiger charge is -2.36. The molecule has 410 valence electrons. The van der Waals surface area contributed by atoms with Crippen molar-refractivity contribution in [2.75, 3.05) is 70.1 Å². The minimum absolute atomic E-state index is 0.119. The van der Waals surface area contributed by atoms with Gasteiger partial charge in [0.1, 0.15) is 29.8 Å². The summed E-state index contributed by atoms with van der Waals surface area (Å²) >= 11 is 0. The van der Waals surface area contributed by atoms with E-state index in [1.54, 1.807) is 6.07 Å². The second-order valence-electron chi connectivity index (χ2n) is 20.9. The van der Waals surface area contributed by atoms with Gasteiger partial charge in [-0.1, -0.05) is 58.3 Å². The van der Waals surface area contributed by atoms with E-state index in [1.807, 2.05) is 65.3 Å². The van der Waals surface area contributed by atoms with Crippen LogP contribution in [0.25, 0.3) is 22.8 Å². The van der Waals surface area contributed by atoms with Crippen molar-refractivity contribution < 1.29 is 28.0 Å². The number of Topliss-reactive ketones (excluding diaryl/α,β-unsaturated/α-hetero) is 1. The molecular weight excluding hydrogens is 959 g/mol. The molecule has 5 heterocycles. The number of benzene rings is 2. The van der Waals surface area contributed by atoms with Crippen LogP contribution in [0.5, 0.6) is 0 Å². The number of carbonyl (C=O) groups excluding carboxylic acids is 4. The Labute approximate surface area is 451 Å². The summed E-state index contributed by atoms with van der Waals surface area (Å²) in [7, 11) is 3.37. The first kappa shape index (κ1) is 59.3. The quantitative estimate of drug-likeness (QED) is 0.0652. The highest BCUT2D eigenvalue weighted by atomic mass is 19.1. The lowest BCUT2D eigenvalue weighted by molar-refractivity contribution is -0.127.